The smallest absolute Gasteiger partial charge is 0.490 e. The molecule has 0 N–H and O–H groups in total. The van der Waals surface area contributed by atoms with Gasteiger partial charge in [0.25, 0.3) is 0 Å². The van der Waals surface area contributed by atoms with Gasteiger partial charge in [0.05, 0.1) is 0 Å². The average Bonchev–Trinajstić information content (AvgIpc) is 3.41. The molecular weight excluding hydrogens is 569 g/mol. The second-order valence-electron chi connectivity index (χ2n) is 10.3. The number of benzene rings is 3. The summed E-state index contributed by atoms with van der Waals surface area (Å²) in [7, 11) is 0. The first-order valence-corrected chi connectivity index (χ1v) is 13.6. The van der Waals surface area contributed by atoms with Crippen LogP contribution in [-0.2, 0) is 26.1 Å². The lowest BCUT2D eigenvalue weighted by Crippen LogP contribution is -2.31. The first-order chi connectivity index (χ1) is 20.7. The van der Waals surface area contributed by atoms with Gasteiger partial charge in [-0.2, -0.15) is 0 Å². The third-order valence-corrected chi connectivity index (χ3v) is 7.21. The first kappa shape index (κ1) is 28.3. The topological polar surface area (TPSA) is 101 Å². The molecule has 1 atom stereocenters. The summed E-state index contributed by atoms with van der Waals surface area (Å²) in [5.74, 6) is 1.21. The third-order valence-electron chi connectivity index (χ3n) is 7.21. The maximum atomic E-state index is 12.3. The Kier molecular flexibility index (Phi) is 7.80. The van der Waals surface area contributed by atoms with Gasteiger partial charge in [0.1, 0.15) is 41.9 Å². The normalized spacial score (nSPS) is 16.5. The van der Waals surface area contributed by atoms with E-state index in [1.807, 2.05) is 30.3 Å². The van der Waals surface area contributed by atoms with Crippen molar-refractivity contribution in [3.8, 4) is 29.0 Å². The second-order valence-corrected chi connectivity index (χ2v) is 10.3. The van der Waals surface area contributed by atoms with Crippen molar-refractivity contribution in [3.05, 3.63) is 99.7 Å². The van der Waals surface area contributed by atoms with Crippen LogP contribution in [0.2, 0.25) is 0 Å². The highest BCUT2D eigenvalue weighted by atomic mass is 19.4. The van der Waals surface area contributed by atoms with Crippen molar-refractivity contribution < 1.29 is 37.0 Å². The van der Waals surface area contributed by atoms with Gasteiger partial charge in [-0.05, 0) is 76.6 Å². The van der Waals surface area contributed by atoms with E-state index in [0.717, 1.165) is 37.4 Å². The van der Waals surface area contributed by atoms with Gasteiger partial charge in [0.2, 0.25) is 0 Å². The molecule has 3 aromatic carbocycles. The van der Waals surface area contributed by atoms with Crippen molar-refractivity contribution in [1.82, 2.24) is 14.5 Å². The number of ether oxygens (including phenoxy) is 4. The van der Waals surface area contributed by atoms with E-state index in [1.165, 1.54) is 41.6 Å². The summed E-state index contributed by atoms with van der Waals surface area (Å²) >= 11 is 0. The van der Waals surface area contributed by atoms with Crippen molar-refractivity contribution in [2.45, 2.75) is 44.9 Å². The number of nitrogens with zero attached hydrogens (tertiary/aromatic N) is 4. The van der Waals surface area contributed by atoms with Gasteiger partial charge in [-0.1, -0.05) is 18.2 Å². The largest absolute Gasteiger partial charge is 0.573 e. The molecule has 0 saturated heterocycles. The molecule has 0 spiro atoms. The Morgan fingerprint density at radius 3 is 2.37 bits per heavy atom. The molecule has 0 bridgehead atoms. The van der Waals surface area contributed by atoms with Gasteiger partial charge in [-0.3, -0.25) is 9.47 Å². The van der Waals surface area contributed by atoms with E-state index >= 15 is 0 Å². The lowest BCUT2D eigenvalue weighted by molar-refractivity contribution is -0.389. The lowest BCUT2D eigenvalue weighted by atomic mass is 9.99. The quantitative estimate of drug-likeness (QED) is 0.165. The SMILES string of the molecule is O=[N+]([O-])c1cn2c(n1)OC(COc1ccc3c(c1)CCN(Cc1ccc(Oc4ccc(OC(F)(F)F)cc4)cc1)C3)CC2. The minimum atomic E-state index is -4.74. The van der Waals surface area contributed by atoms with Crippen molar-refractivity contribution in [2.75, 3.05) is 13.2 Å². The molecule has 0 aliphatic carbocycles. The summed E-state index contributed by atoms with van der Waals surface area (Å²) in [5, 5.41) is 11.0. The Hall–Kier alpha value is -4.78. The Labute approximate surface area is 244 Å². The van der Waals surface area contributed by atoms with Gasteiger partial charge >= 0.3 is 18.2 Å². The fourth-order valence-corrected chi connectivity index (χ4v) is 5.10. The van der Waals surface area contributed by atoms with Crippen LogP contribution < -0.4 is 18.9 Å². The van der Waals surface area contributed by atoms with Crippen LogP contribution in [-0.4, -0.2) is 45.0 Å². The molecule has 10 nitrogen and oxygen atoms in total. The summed E-state index contributed by atoms with van der Waals surface area (Å²) in [6, 6.07) is 19.2. The maximum Gasteiger partial charge on any atom is 0.573 e. The van der Waals surface area contributed by atoms with E-state index in [4.69, 9.17) is 14.2 Å². The number of nitro groups is 1. The molecule has 1 unspecified atom stereocenters. The van der Waals surface area contributed by atoms with E-state index in [1.54, 1.807) is 4.57 Å². The molecule has 1 aromatic heterocycles. The van der Waals surface area contributed by atoms with E-state index in [0.29, 0.717) is 31.1 Å². The number of halogens is 3. The fourth-order valence-electron chi connectivity index (χ4n) is 5.10. The molecule has 2 aliphatic heterocycles. The molecule has 13 heteroatoms. The Morgan fingerprint density at radius 2 is 1.65 bits per heavy atom. The third kappa shape index (κ3) is 7.17. The molecule has 2 aliphatic rings. The minimum absolute atomic E-state index is 0.225. The van der Waals surface area contributed by atoms with Crippen LogP contribution in [0.15, 0.2) is 72.9 Å². The number of hydrogen-bond donors (Lipinski definition) is 0. The van der Waals surface area contributed by atoms with E-state index in [-0.39, 0.29) is 23.7 Å². The van der Waals surface area contributed by atoms with Gasteiger partial charge < -0.3 is 29.1 Å². The molecular formula is C30H27F3N4O6. The summed E-state index contributed by atoms with van der Waals surface area (Å²) in [6.07, 6.45) is -2.05. The molecule has 224 valence electrons. The molecule has 43 heavy (non-hydrogen) atoms. The number of aromatic nitrogens is 2. The molecule has 0 saturated carbocycles. The van der Waals surface area contributed by atoms with Crippen molar-refractivity contribution in [1.29, 1.82) is 0 Å². The first-order valence-electron chi connectivity index (χ1n) is 13.6. The number of hydrogen-bond acceptors (Lipinski definition) is 8. The lowest BCUT2D eigenvalue weighted by Gasteiger charge is -2.29. The Morgan fingerprint density at radius 1 is 0.953 bits per heavy atom. The molecule has 0 radical (unpaired) electrons. The Bertz CT molecular complexity index is 1590. The maximum absolute atomic E-state index is 12.3. The number of rotatable bonds is 9. The number of alkyl halides is 3. The minimum Gasteiger partial charge on any atom is -0.490 e. The van der Waals surface area contributed by atoms with Crippen LogP contribution in [0, 0.1) is 10.1 Å². The van der Waals surface area contributed by atoms with Crippen LogP contribution >= 0.6 is 0 Å². The Balaban J connectivity index is 0.981. The highest BCUT2D eigenvalue weighted by Gasteiger charge is 2.31. The number of fused-ring (bicyclic) bond motifs is 2. The van der Waals surface area contributed by atoms with Crippen molar-refractivity contribution in [2.24, 2.45) is 0 Å². The van der Waals surface area contributed by atoms with Crippen LogP contribution in [0.3, 0.4) is 0 Å². The standard InChI is InChI=1S/C30H27F3N4O6/c31-30(32,33)43-25-9-7-24(8-10-25)41-23-4-1-20(2-5-23)16-35-13-11-21-15-26(6-3-22(21)17-35)40-19-27-12-14-36-18-28(37(38)39)34-29(36)42-27/h1-10,15,18,27H,11-14,16-17,19H2. The summed E-state index contributed by atoms with van der Waals surface area (Å²) in [5.41, 5.74) is 3.59. The number of imidazole rings is 1. The van der Waals surface area contributed by atoms with Crippen LogP contribution in [0.4, 0.5) is 19.0 Å². The predicted molar refractivity (Wildman–Crippen MR) is 147 cm³/mol. The summed E-state index contributed by atoms with van der Waals surface area (Å²) < 4.78 is 60.1. The van der Waals surface area contributed by atoms with Crippen molar-refractivity contribution >= 4 is 5.82 Å². The number of aryl methyl sites for hydroxylation is 1. The highest BCUT2D eigenvalue weighted by molar-refractivity contribution is 5.38. The zero-order chi connectivity index (χ0) is 30.0. The predicted octanol–water partition coefficient (Wildman–Crippen LogP) is 6.27. The zero-order valence-electron chi connectivity index (χ0n) is 22.8. The van der Waals surface area contributed by atoms with Crippen LogP contribution in [0.5, 0.6) is 29.0 Å². The van der Waals surface area contributed by atoms with E-state index in [9.17, 15) is 23.3 Å². The highest BCUT2D eigenvalue weighted by Crippen LogP contribution is 2.29. The van der Waals surface area contributed by atoms with Gasteiger partial charge in [0.15, 0.2) is 0 Å². The molecule has 3 heterocycles. The molecule has 0 fully saturated rings. The zero-order valence-corrected chi connectivity index (χ0v) is 22.8. The van der Waals surface area contributed by atoms with E-state index in [2.05, 4.69) is 26.8 Å². The van der Waals surface area contributed by atoms with Gasteiger partial charge in [0, 0.05) is 37.6 Å². The second kappa shape index (κ2) is 11.8. The fraction of sp³-hybridized carbons (Fsp3) is 0.300. The van der Waals surface area contributed by atoms with Crippen LogP contribution in [0.1, 0.15) is 23.1 Å². The monoisotopic (exact) mass is 596 g/mol. The van der Waals surface area contributed by atoms with Crippen molar-refractivity contribution in [3.63, 3.8) is 0 Å². The average molecular weight is 597 g/mol. The van der Waals surface area contributed by atoms with Gasteiger partial charge in [-0.25, -0.2) is 0 Å². The van der Waals surface area contributed by atoms with Crippen LogP contribution in [0.25, 0.3) is 0 Å². The van der Waals surface area contributed by atoms with Gasteiger partial charge in [-0.15, -0.1) is 13.2 Å². The van der Waals surface area contributed by atoms with E-state index < -0.39 is 11.3 Å². The molecule has 4 aromatic rings. The molecule has 6 rings (SSSR count). The summed E-state index contributed by atoms with van der Waals surface area (Å²) in [4.78, 5) is 16.7. The molecule has 0 amide bonds. The summed E-state index contributed by atoms with van der Waals surface area (Å²) in [6.45, 7) is 3.34.